The smallest absolute Gasteiger partial charge is 0.335 e. The zero-order chi connectivity index (χ0) is 16.9. The van der Waals surface area contributed by atoms with Crippen molar-refractivity contribution in [3.63, 3.8) is 0 Å². The summed E-state index contributed by atoms with van der Waals surface area (Å²) in [5.41, 5.74) is 1.14. The van der Waals surface area contributed by atoms with Crippen LogP contribution >= 0.6 is 15.9 Å². The van der Waals surface area contributed by atoms with E-state index in [2.05, 4.69) is 27.3 Å². The molecule has 4 nitrogen and oxygen atoms in total. The lowest BCUT2D eigenvalue weighted by Crippen LogP contribution is -2.11. The summed E-state index contributed by atoms with van der Waals surface area (Å²) in [5, 5.41) is 14.3. The molecular weight excluding hydrogens is 370 g/mol. The Bertz CT molecular complexity index is 862. The molecule has 24 heavy (non-hydrogen) atoms. The number of nitrogens with one attached hydrogen (secondary N) is 1. The van der Waals surface area contributed by atoms with Crippen LogP contribution in [0.2, 0.25) is 0 Å². The van der Waals surface area contributed by atoms with Gasteiger partial charge in [-0.3, -0.25) is 0 Å². The van der Waals surface area contributed by atoms with Crippen molar-refractivity contribution < 1.29 is 14.6 Å². The zero-order valence-corrected chi connectivity index (χ0v) is 14.4. The summed E-state index contributed by atoms with van der Waals surface area (Å²) in [6.07, 6.45) is 0. The van der Waals surface area contributed by atoms with E-state index in [0.717, 1.165) is 26.7 Å². The molecule has 5 heteroatoms. The maximum Gasteiger partial charge on any atom is 0.335 e. The van der Waals surface area contributed by atoms with Crippen LogP contribution in [0.4, 0.5) is 5.69 Å². The van der Waals surface area contributed by atoms with Crippen LogP contribution in [0.25, 0.3) is 10.8 Å². The van der Waals surface area contributed by atoms with Crippen LogP contribution in [0.5, 0.6) is 5.75 Å². The number of halogens is 1. The second-order valence-electron chi connectivity index (χ2n) is 5.25. The number of carboxylic acid groups (broad SMARTS) is 1. The van der Waals surface area contributed by atoms with Gasteiger partial charge in [-0.05, 0) is 41.8 Å². The van der Waals surface area contributed by atoms with E-state index < -0.39 is 5.97 Å². The molecule has 0 atom stereocenters. The Labute approximate surface area is 148 Å². The molecule has 3 rings (SSSR count). The van der Waals surface area contributed by atoms with Gasteiger partial charge in [-0.15, -0.1) is 0 Å². The number of benzene rings is 3. The predicted octanol–water partition coefficient (Wildman–Crippen LogP) is 4.79. The molecule has 0 bridgehead atoms. The molecule has 0 aliphatic carbocycles. The second kappa shape index (κ2) is 7.36. The third kappa shape index (κ3) is 3.68. The number of carboxylic acids is 1. The van der Waals surface area contributed by atoms with E-state index in [1.165, 1.54) is 0 Å². The van der Waals surface area contributed by atoms with E-state index in [1.807, 2.05) is 30.3 Å². The summed E-state index contributed by atoms with van der Waals surface area (Å²) >= 11 is 3.55. The quantitative estimate of drug-likeness (QED) is 0.598. The Balaban J connectivity index is 1.59. The minimum atomic E-state index is -0.924. The fourth-order valence-electron chi connectivity index (χ4n) is 2.45. The minimum absolute atomic E-state index is 0.276. The van der Waals surface area contributed by atoms with E-state index in [-0.39, 0.29) is 5.56 Å². The molecule has 0 aliphatic heterocycles. The van der Waals surface area contributed by atoms with Crippen LogP contribution < -0.4 is 10.1 Å². The van der Waals surface area contributed by atoms with Crippen molar-refractivity contribution in [2.75, 3.05) is 18.5 Å². The first-order chi connectivity index (χ1) is 11.6. The summed E-state index contributed by atoms with van der Waals surface area (Å²) in [4.78, 5) is 10.8. The topological polar surface area (TPSA) is 58.6 Å². The molecule has 0 fully saturated rings. The van der Waals surface area contributed by atoms with Crippen molar-refractivity contribution in [2.45, 2.75) is 0 Å². The summed E-state index contributed by atoms with van der Waals surface area (Å²) in [7, 11) is 0. The third-order valence-corrected chi connectivity index (χ3v) is 4.34. The van der Waals surface area contributed by atoms with Gasteiger partial charge in [-0.25, -0.2) is 4.79 Å². The lowest BCUT2D eigenvalue weighted by molar-refractivity contribution is 0.0697. The van der Waals surface area contributed by atoms with Crippen molar-refractivity contribution in [3.05, 3.63) is 70.7 Å². The molecule has 0 heterocycles. The molecule has 0 saturated carbocycles. The van der Waals surface area contributed by atoms with Crippen molar-refractivity contribution in [1.29, 1.82) is 0 Å². The largest absolute Gasteiger partial charge is 0.491 e. The first-order valence-corrected chi connectivity index (χ1v) is 8.32. The molecule has 0 saturated heterocycles. The normalized spacial score (nSPS) is 10.5. The number of ether oxygens (including phenoxy) is 1. The minimum Gasteiger partial charge on any atom is -0.491 e. The van der Waals surface area contributed by atoms with Crippen LogP contribution in [0, 0.1) is 0 Å². The van der Waals surface area contributed by atoms with E-state index >= 15 is 0 Å². The average molecular weight is 386 g/mol. The summed E-state index contributed by atoms with van der Waals surface area (Å²) < 4.78 is 6.92. The number of aromatic carboxylic acids is 1. The van der Waals surface area contributed by atoms with Gasteiger partial charge in [0, 0.05) is 22.1 Å². The Kier molecular flexibility index (Phi) is 5.01. The van der Waals surface area contributed by atoms with Gasteiger partial charge in [0.15, 0.2) is 0 Å². The number of fused-ring (bicyclic) bond motifs is 1. The SMILES string of the molecule is O=C(O)c1ccc(NCCOc2ccc(Br)c3ccccc23)cc1. The third-order valence-electron chi connectivity index (χ3n) is 3.65. The predicted molar refractivity (Wildman–Crippen MR) is 99.0 cm³/mol. The fourth-order valence-corrected chi connectivity index (χ4v) is 2.93. The molecule has 3 aromatic rings. The highest BCUT2D eigenvalue weighted by Gasteiger charge is 2.05. The number of carbonyl (C=O) groups is 1. The van der Waals surface area contributed by atoms with Crippen LogP contribution in [-0.2, 0) is 0 Å². The average Bonchev–Trinajstić information content (AvgIpc) is 2.61. The Hall–Kier alpha value is -2.53. The Morgan fingerprint density at radius 2 is 1.71 bits per heavy atom. The molecular formula is C19H16BrNO3. The lowest BCUT2D eigenvalue weighted by Gasteiger charge is -2.11. The Morgan fingerprint density at radius 1 is 1.00 bits per heavy atom. The highest BCUT2D eigenvalue weighted by atomic mass is 79.9. The summed E-state index contributed by atoms with van der Waals surface area (Å²) in [6.45, 7) is 1.13. The van der Waals surface area contributed by atoms with Gasteiger partial charge in [-0.2, -0.15) is 0 Å². The fraction of sp³-hybridized carbons (Fsp3) is 0.105. The lowest BCUT2D eigenvalue weighted by atomic mass is 10.1. The first-order valence-electron chi connectivity index (χ1n) is 7.52. The second-order valence-corrected chi connectivity index (χ2v) is 6.10. The molecule has 2 N–H and O–H groups in total. The van der Waals surface area contributed by atoms with Gasteiger partial charge in [0.25, 0.3) is 0 Å². The van der Waals surface area contributed by atoms with Gasteiger partial charge >= 0.3 is 5.97 Å². The summed E-state index contributed by atoms with van der Waals surface area (Å²) in [6, 6.07) is 18.7. The van der Waals surface area contributed by atoms with E-state index in [1.54, 1.807) is 24.3 Å². The molecule has 3 aromatic carbocycles. The number of hydrogen-bond acceptors (Lipinski definition) is 3. The molecule has 0 aliphatic rings. The highest BCUT2D eigenvalue weighted by molar-refractivity contribution is 9.10. The standard InChI is InChI=1S/C19H16BrNO3/c20-17-9-10-18(16-4-2-1-3-15(16)17)24-12-11-21-14-7-5-13(6-8-14)19(22)23/h1-10,21H,11-12H2,(H,22,23). The van der Waals surface area contributed by atoms with Crippen molar-refractivity contribution in [3.8, 4) is 5.75 Å². The molecule has 0 aromatic heterocycles. The van der Waals surface area contributed by atoms with Crippen LogP contribution in [-0.4, -0.2) is 24.2 Å². The Morgan fingerprint density at radius 3 is 2.42 bits per heavy atom. The summed E-state index contributed by atoms with van der Waals surface area (Å²) in [5.74, 6) is -0.0798. The van der Waals surface area contributed by atoms with Crippen LogP contribution in [0.1, 0.15) is 10.4 Å². The van der Waals surface area contributed by atoms with E-state index in [0.29, 0.717) is 13.2 Å². The maximum atomic E-state index is 10.8. The highest BCUT2D eigenvalue weighted by Crippen LogP contribution is 2.31. The van der Waals surface area contributed by atoms with Gasteiger partial charge < -0.3 is 15.2 Å². The number of anilines is 1. The van der Waals surface area contributed by atoms with E-state index in [4.69, 9.17) is 9.84 Å². The molecule has 0 radical (unpaired) electrons. The first kappa shape index (κ1) is 16.3. The van der Waals surface area contributed by atoms with Gasteiger partial charge in [0.1, 0.15) is 12.4 Å². The number of rotatable bonds is 6. The monoisotopic (exact) mass is 385 g/mol. The molecule has 0 amide bonds. The van der Waals surface area contributed by atoms with E-state index in [9.17, 15) is 4.79 Å². The zero-order valence-electron chi connectivity index (χ0n) is 12.8. The molecule has 0 unspecified atom stereocenters. The molecule has 0 spiro atoms. The van der Waals surface area contributed by atoms with Gasteiger partial charge in [0.05, 0.1) is 5.56 Å². The maximum absolute atomic E-state index is 10.8. The van der Waals surface area contributed by atoms with Gasteiger partial charge in [-0.1, -0.05) is 40.2 Å². The molecule has 122 valence electrons. The van der Waals surface area contributed by atoms with Crippen molar-refractivity contribution in [2.24, 2.45) is 0 Å². The van der Waals surface area contributed by atoms with Crippen LogP contribution in [0.3, 0.4) is 0 Å². The van der Waals surface area contributed by atoms with Crippen molar-refractivity contribution in [1.82, 2.24) is 0 Å². The van der Waals surface area contributed by atoms with Crippen LogP contribution in [0.15, 0.2) is 65.1 Å². The van der Waals surface area contributed by atoms with Gasteiger partial charge in [0.2, 0.25) is 0 Å². The van der Waals surface area contributed by atoms with Crippen molar-refractivity contribution >= 4 is 38.4 Å². The number of hydrogen-bond donors (Lipinski definition) is 2.